The maximum absolute atomic E-state index is 6.34. The van der Waals surface area contributed by atoms with E-state index in [1.807, 2.05) is 0 Å². The van der Waals surface area contributed by atoms with Crippen LogP contribution in [-0.4, -0.2) is 129 Å². The van der Waals surface area contributed by atoms with Gasteiger partial charge >= 0.3 is 0 Å². The second-order valence-corrected chi connectivity index (χ2v) is 12.3. The van der Waals surface area contributed by atoms with Crippen molar-refractivity contribution in [3.05, 3.63) is 0 Å². The van der Waals surface area contributed by atoms with Crippen molar-refractivity contribution in [1.82, 2.24) is 0 Å². The molecule has 0 aliphatic carbocycles. The average molecular weight is 695 g/mol. The standard InChI is InChI=1S/C38H78O10/c1-9-19-39-29-33(43-21-11-3)37(47-25-15-7)35(45-23-13-5)31-41-27-17-18-28-42-32-36(46-24-14-6)38(48-26-16-8)34(44-22-12-4)30-40-20-10-2/h33-38H,9-32H2,1-8H3. The first kappa shape index (κ1) is 47.6. The summed E-state index contributed by atoms with van der Waals surface area (Å²) in [6.45, 7) is 25.3. The van der Waals surface area contributed by atoms with Crippen LogP contribution in [0.25, 0.3) is 0 Å². The number of hydrogen-bond acceptors (Lipinski definition) is 10. The Morgan fingerprint density at radius 1 is 0.271 bits per heavy atom. The van der Waals surface area contributed by atoms with Gasteiger partial charge in [-0.2, -0.15) is 0 Å². The normalized spacial score (nSPS) is 15.8. The summed E-state index contributed by atoms with van der Waals surface area (Å²) in [5, 5.41) is 0. The Balaban J connectivity index is 5.17. The lowest BCUT2D eigenvalue weighted by Gasteiger charge is -2.33. The first-order chi connectivity index (χ1) is 23.6. The van der Waals surface area contributed by atoms with E-state index < -0.39 is 0 Å². The number of hydrogen-bond donors (Lipinski definition) is 0. The first-order valence-corrected chi connectivity index (χ1v) is 19.6. The van der Waals surface area contributed by atoms with Gasteiger partial charge in [-0.05, 0) is 64.2 Å². The van der Waals surface area contributed by atoms with Crippen molar-refractivity contribution in [3.63, 3.8) is 0 Å². The monoisotopic (exact) mass is 695 g/mol. The van der Waals surface area contributed by atoms with Crippen molar-refractivity contribution < 1.29 is 47.4 Å². The zero-order valence-electron chi connectivity index (χ0n) is 32.5. The van der Waals surface area contributed by atoms with Gasteiger partial charge in [0.05, 0.1) is 26.4 Å². The lowest BCUT2D eigenvalue weighted by atomic mass is 10.1. The molecule has 0 saturated carbocycles. The molecule has 0 aromatic heterocycles. The number of rotatable bonds is 39. The minimum atomic E-state index is -0.260. The Hall–Kier alpha value is -0.400. The van der Waals surface area contributed by atoms with Crippen LogP contribution in [0.15, 0.2) is 0 Å². The molecule has 0 amide bonds. The zero-order valence-corrected chi connectivity index (χ0v) is 32.5. The van der Waals surface area contributed by atoms with Gasteiger partial charge in [-0.25, -0.2) is 0 Å². The highest BCUT2D eigenvalue weighted by Gasteiger charge is 2.34. The highest BCUT2D eigenvalue weighted by molar-refractivity contribution is 4.82. The SMILES string of the molecule is CCCOCC(OCCC)C(OCCC)C(COCCCCOCC(OCCC)C(OCCC)C(COCCC)OCCC)OCCC. The Morgan fingerprint density at radius 2 is 0.500 bits per heavy atom. The highest BCUT2D eigenvalue weighted by Crippen LogP contribution is 2.18. The fraction of sp³-hybridized carbons (Fsp3) is 1.00. The molecule has 10 heteroatoms. The van der Waals surface area contributed by atoms with Crippen LogP contribution < -0.4 is 0 Å². The van der Waals surface area contributed by atoms with Crippen molar-refractivity contribution in [3.8, 4) is 0 Å². The predicted molar refractivity (Wildman–Crippen MR) is 193 cm³/mol. The van der Waals surface area contributed by atoms with Gasteiger partial charge in [-0.1, -0.05) is 55.4 Å². The molecule has 6 atom stereocenters. The molecule has 0 radical (unpaired) electrons. The fourth-order valence-electron chi connectivity index (χ4n) is 4.94. The molecule has 0 spiro atoms. The molecule has 6 unspecified atom stereocenters. The molecule has 290 valence electrons. The van der Waals surface area contributed by atoms with E-state index in [1.165, 1.54) is 0 Å². The third-order valence-electron chi connectivity index (χ3n) is 7.29. The van der Waals surface area contributed by atoms with Gasteiger partial charge in [0, 0.05) is 66.1 Å². The molecule has 0 fully saturated rings. The number of ether oxygens (including phenoxy) is 10. The molecule has 0 aliphatic rings. The van der Waals surface area contributed by atoms with Crippen LogP contribution in [0.1, 0.15) is 120 Å². The Bertz CT molecular complexity index is 576. The van der Waals surface area contributed by atoms with Gasteiger partial charge in [0.25, 0.3) is 0 Å². The second kappa shape index (κ2) is 36.4. The van der Waals surface area contributed by atoms with Gasteiger partial charge in [-0.3, -0.25) is 0 Å². The van der Waals surface area contributed by atoms with Gasteiger partial charge in [-0.15, -0.1) is 0 Å². The third kappa shape index (κ3) is 24.7. The summed E-state index contributed by atoms with van der Waals surface area (Å²) in [5.41, 5.74) is 0. The summed E-state index contributed by atoms with van der Waals surface area (Å²) in [4.78, 5) is 0. The molecule has 0 N–H and O–H groups in total. The molecule has 0 heterocycles. The summed E-state index contributed by atoms with van der Waals surface area (Å²) in [6, 6.07) is 0. The fourth-order valence-corrected chi connectivity index (χ4v) is 4.94. The molecule has 0 bridgehead atoms. The quantitative estimate of drug-likeness (QED) is 0.0606. The van der Waals surface area contributed by atoms with Crippen LogP contribution in [0.5, 0.6) is 0 Å². The lowest BCUT2D eigenvalue weighted by Crippen LogP contribution is -2.47. The predicted octanol–water partition coefficient (Wildman–Crippen LogP) is 7.42. The smallest absolute Gasteiger partial charge is 0.114 e. The van der Waals surface area contributed by atoms with Crippen LogP contribution in [0.3, 0.4) is 0 Å². The van der Waals surface area contributed by atoms with Crippen LogP contribution >= 0.6 is 0 Å². The van der Waals surface area contributed by atoms with Crippen molar-refractivity contribution in [2.45, 2.75) is 156 Å². The van der Waals surface area contributed by atoms with E-state index in [-0.39, 0.29) is 36.6 Å². The van der Waals surface area contributed by atoms with E-state index in [1.54, 1.807) is 0 Å². The van der Waals surface area contributed by atoms with E-state index in [2.05, 4.69) is 55.4 Å². The number of unbranched alkanes of at least 4 members (excludes halogenated alkanes) is 1. The molecule has 0 aliphatic heterocycles. The van der Waals surface area contributed by atoms with Gasteiger partial charge in [0.1, 0.15) is 36.6 Å². The summed E-state index contributed by atoms with van der Waals surface area (Å²) >= 11 is 0. The van der Waals surface area contributed by atoms with Crippen molar-refractivity contribution in [2.75, 3.05) is 92.5 Å². The maximum Gasteiger partial charge on any atom is 0.114 e. The van der Waals surface area contributed by atoms with Crippen LogP contribution in [0.2, 0.25) is 0 Å². The van der Waals surface area contributed by atoms with Crippen LogP contribution in [0, 0.1) is 0 Å². The Labute approximate surface area is 295 Å². The molecule has 0 aromatic carbocycles. The van der Waals surface area contributed by atoms with E-state index in [0.717, 1.165) is 64.2 Å². The van der Waals surface area contributed by atoms with Crippen LogP contribution in [-0.2, 0) is 47.4 Å². The summed E-state index contributed by atoms with van der Waals surface area (Å²) in [5.74, 6) is 0. The zero-order chi connectivity index (χ0) is 35.5. The average Bonchev–Trinajstić information content (AvgIpc) is 3.10. The summed E-state index contributed by atoms with van der Waals surface area (Å²) in [7, 11) is 0. The molecular weight excluding hydrogens is 616 g/mol. The van der Waals surface area contributed by atoms with Crippen molar-refractivity contribution >= 4 is 0 Å². The Morgan fingerprint density at radius 3 is 0.750 bits per heavy atom. The summed E-state index contributed by atoms with van der Waals surface area (Å²) in [6.07, 6.45) is 7.82. The van der Waals surface area contributed by atoms with E-state index in [4.69, 9.17) is 47.4 Å². The lowest BCUT2D eigenvalue weighted by molar-refractivity contribution is -0.170. The van der Waals surface area contributed by atoms with Crippen LogP contribution in [0.4, 0.5) is 0 Å². The highest BCUT2D eigenvalue weighted by atomic mass is 16.6. The minimum Gasteiger partial charge on any atom is -0.379 e. The van der Waals surface area contributed by atoms with E-state index in [0.29, 0.717) is 92.5 Å². The van der Waals surface area contributed by atoms with Gasteiger partial charge in [0.15, 0.2) is 0 Å². The molecule has 0 rings (SSSR count). The Kier molecular flexibility index (Phi) is 36.1. The topological polar surface area (TPSA) is 92.3 Å². The molecule has 0 saturated heterocycles. The van der Waals surface area contributed by atoms with Gasteiger partial charge < -0.3 is 47.4 Å². The van der Waals surface area contributed by atoms with Gasteiger partial charge in [0.2, 0.25) is 0 Å². The third-order valence-corrected chi connectivity index (χ3v) is 7.29. The largest absolute Gasteiger partial charge is 0.379 e. The molecule has 10 nitrogen and oxygen atoms in total. The molecule has 0 aromatic rings. The summed E-state index contributed by atoms with van der Waals surface area (Å²) < 4.78 is 61.9. The molecular formula is C38H78O10. The van der Waals surface area contributed by atoms with Crippen molar-refractivity contribution in [1.29, 1.82) is 0 Å². The van der Waals surface area contributed by atoms with E-state index in [9.17, 15) is 0 Å². The second-order valence-electron chi connectivity index (χ2n) is 12.3. The van der Waals surface area contributed by atoms with Crippen molar-refractivity contribution in [2.24, 2.45) is 0 Å². The molecule has 48 heavy (non-hydrogen) atoms. The van der Waals surface area contributed by atoms with E-state index >= 15 is 0 Å². The first-order valence-electron chi connectivity index (χ1n) is 19.6. The minimum absolute atomic E-state index is 0.208. The maximum atomic E-state index is 6.34.